The van der Waals surface area contributed by atoms with Crippen LogP contribution in [0.1, 0.15) is 59.1 Å². The number of halogens is 4. The van der Waals surface area contributed by atoms with Crippen molar-refractivity contribution in [3.8, 4) is 5.69 Å². The number of alkyl halides is 3. The Hall–Kier alpha value is -4.26. The predicted octanol–water partition coefficient (Wildman–Crippen LogP) is 5.27. The smallest absolute Gasteiger partial charge is 0.330 e. The molecule has 0 bridgehead atoms. The Kier molecular flexibility index (Phi) is 7.70. The second kappa shape index (κ2) is 11.3. The summed E-state index contributed by atoms with van der Waals surface area (Å²) in [5.74, 6) is 0.159. The molecule has 1 atom stereocenters. The summed E-state index contributed by atoms with van der Waals surface area (Å²) in [5, 5.41) is 4.66. The number of amides is 2. The van der Waals surface area contributed by atoms with Gasteiger partial charge in [0.25, 0.3) is 11.5 Å². The molecule has 2 aliphatic rings. The van der Waals surface area contributed by atoms with Crippen molar-refractivity contribution in [3.63, 3.8) is 0 Å². The number of rotatable bonds is 5. The van der Waals surface area contributed by atoms with Crippen molar-refractivity contribution >= 4 is 39.2 Å². The van der Waals surface area contributed by atoms with Crippen LogP contribution in [-0.2, 0) is 30.4 Å². The topological polar surface area (TPSA) is 92.3 Å². The van der Waals surface area contributed by atoms with Crippen molar-refractivity contribution in [3.05, 3.63) is 97.0 Å². The third-order valence-corrected chi connectivity index (χ3v) is 8.98. The van der Waals surface area contributed by atoms with Gasteiger partial charge in [0.2, 0.25) is 5.91 Å². The zero-order valence-electron chi connectivity index (χ0n) is 25.0. The van der Waals surface area contributed by atoms with Gasteiger partial charge in [0, 0.05) is 39.8 Å². The maximum Gasteiger partial charge on any atom is 0.417 e. The molecule has 6 rings (SSSR count). The third kappa shape index (κ3) is 5.36. The van der Waals surface area contributed by atoms with Crippen molar-refractivity contribution in [2.45, 2.75) is 52.4 Å². The molecule has 0 fully saturated rings. The molecule has 45 heavy (non-hydrogen) atoms. The molecule has 2 aromatic carbocycles. The van der Waals surface area contributed by atoms with E-state index in [0.717, 1.165) is 17.2 Å². The molecule has 0 radical (unpaired) electrons. The number of hydrogen-bond acceptors (Lipinski definition) is 5. The third-order valence-electron chi connectivity index (χ3n) is 8.29. The molecular formula is C32H30BrF3N6O3. The van der Waals surface area contributed by atoms with Crippen molar-refractivity contribution in [1.29, 1.82) is 0 Å². The van der Waals surface area contributed by atoms with E-state index >= 15 is 0 Å². The molecular weight excluding hydrogens is 653 g/mol. The molecule has 4 heterocycles. The van der Waals surface area contributed by atoms with Gasteiger partial charge in [-0.25, -0.2) is 4.52 Å². The summed E-state index contributed by atoms with van der Waals surface area (Å²) in [6.07, 6.45) is -2.08. The fraction of sp³-hybridized carbons (Fsp3) is 0.344. The quantitative estimate of drug-likeness (QED) is 0.287. The van der Waals surface area contributed by atoms with E-state index in [1.54, 1.807) is 29.3 Å². The van der Waals surface area contributed by atoms with Crippen LogP contribution >= 0.6 is 15.9 Å². The lowest BCUT2D eigenvalue weighted by atomic mass is 9.97. The van der Waals surface area contributed by atoms with Crippen LogP contribution in [0.5, 0.6) is 0 Å². The lowest BCUT2D eigenvalue weighted by Crippen LogP contribution is -2.46. The monoisotopic (exact) mass is 682 g/mol. The standard InChI is InChI=1S/C32H30BrF3N6O3/c1-17(2)11-21-14-38-42-26-16-40(30(44)20-7-10-25(33)24(13-20)32(34,35)36)18(3)12-23(26)31(45)41(29(21)42)22-8-5-19(6-9-22)28-37-15-27(43)39(28)4/h5-10,13-14,17-18H,11-12,15-16H2,1-4H3/t18-/m0/s1. The minimum absolute atomic E-state index is 0.00124. The van der Waals surface area contributed by atoms with E-state index in [0.29, 0.717) is 34.8 Å². The molecule has 2 aliphatic heterocycles. The number of likely N-dealkylation sites (N-methyl/N-ethyl adjacent to an activating group) is 1. The highest BCUT2D eigenvalue weighted by atomic mass is 79.9. The van der Waals surface area contributed by atoms with Crippen molar-refractivity contribution in [2.75, 3.05) is 13.6 Å². The second-order valence-electron chi connectivity index (χ2n) is 11.9. The lowest BCUT2D eigenvalue weighted by molar-refractivity contribution is -0.138. The minimum atomic E-state index is -4.63. The zero-order chi connectivity index (χ0) is 32.4. The Bertz CT molecular complexity index is 1940. The Morgan fingerprint density at radius 1 is 1.11 bits per heavy atom. The van der Waals surface area contributed by atoms with Crippen LogP contribution in [0.15, 0.2) is 62.9 Å². The summed E-state index contributed by atoms with van der Waals surface area (Å²) in [6, 6.07) is 10.2. The van der Waals surface area contributed by atoms with Crippen LogP contribution in [0.3, 0.4) is 0 Å². The van der Waals surface area contributed by atoms with E-state index in [2.05, 4.69) is 39.9 Å². The van der Waals surface area contributed by atoms with Gasteiger partial charge < -0.3 is 4.90 Å². The van der Waals surface area contributed by atoms with Crippen LogP contribution in [0, 0.1) is 5.92 Å². The number of fused-ring (bicyclic) bond motifs is 3. The first-order valence-corrected chi connectivity index (χ1v) is 15.3. The van der Waals surface area contributed by atoms with E-state index in [4.69, 9.17) is 0 Å². The molecule has 2 amide bonds. The number of aromatic nitrogens is 3. The van der Waals surface area contributed by atoms with Gasteiger partial charge in [-0.1, -0.05) is 29.8 Å². The molecule has 0 unspecified atom stereocenters. The van der Waals surface area contributed by atoms with Gasteiger partial charge in [0.05, 0.1) is 29.7 Å². The average molecular weight is 684 g/mol. The van der Waals surface area contributed by atoms with Gasteiger partial charge in [-0.3, -0.25) is 28.8 Å². The van der Waals surface area contributed by atoms with Crippen LogP contribution in [0.2, 0.25) is 0 Å². The largest absolute Gasteiger partial charge is 0.417 e. The van der Waals surface area contributed by atoms with Crippen molar-refractivity contribution in [1.82, 2.24) is 24.0 Å². The summed E-state index contributed by atoms with van der Waals surface area (Å²) in [4.78, 5) is 47.3. The number of carbonyl (C=O) groups excluding carboxylic acids is 2. The Morgan fingerprint density at radius 3 is 2.44 bits per heavy atom. The van der Waals surface area contributed by atoms with E-state index in [9.17, 15) is 27.6 Å². The van der Waals surface area contributed by atoms with Gasteiger partial charge in [-0.05, 0) is 68.1 Å². The molecule has 4 aromatic rings. The summed E-state index contributed by atoms with van der Waals surface area (Å²) >= 11 is 2.94. The van der Waals surface area contributed by atoms with Crippen LogP contribution in [-0.4, -0.2) is 61.3 Å². The molecule has 234 valence electrons. The lowest BCUT2D eigenvalue weighted by Gasteiger charge is -2.35. The molecule has 0 aliphatic carbocycles. The van der Waals surface area contributed by atoms with Crippen LogP contribution in [0.25, 0.3) is 11.3 Å². The highest BCUT2D eigenvalue weighted by molar-refractivity contribution is 9.10. The Balaban J connectivity index is 1.45. The van der Waals surface area contributed by atoms with Gasteiger partial charge >= 0.3 is 6.18 Å². The Morgan fingerprint density at radius 2 is 1.82 bits per heavy atom. The summed E-state index contributed by atoms with van der Waals surface area (Å²) in [7, 11) is 1.67. The molecule has 9 nitrogen and oxygen atoms in total. The number of hydrogen-bond donors (Lipinski definition) is 0. The number of carbonyl (C=O) groups is 2. The second-order valence-corrected chi connectivity index (χ2v) is 12.7. The van der Waals surface area contributed by atoms with E-state index in [1.165, 1.54) is 21.9 Å². The summed E-state index contributed by atoms with van der Waals surface area (Å²) in [5.41, 5.74) is 2.50. The highest BCUT2D eigenvalue weighted by Gasteiger charge is 2.36. The number of nitrogens with zero attached hydrogens (tertiary/aromatic N) is 6. The molecule has 0 saturated heterocycles. The number of amidine groups is 1. The zero-order valence-corrected chi connectivity index (χ0v) is 26.6. The highest BCUT2D eigenvalue weighted by Crippen LogP contribution is 2.36. The minimum Gasteiger partial charge on any atom is -0.330 e. The first kappa shape index (κ1) is 30.8. The van der Waals surface area contributed by atoms with E-state index < -0.39 is 23.7 Å². The fourth-order valence-electron chi connectivity index (χ4n) is 6.04. The number of benzene rings is 2. The van der Waals surface area contributed by atoms with Gasteiger partial charge in [0.1, 0.15) is 18.0 Å². The fourth-order valence-corrected chi connectivity index (χ4v) is 6.51. The maximum absolute atomic E-state index is 14.3. The normalized spacial score (nSPS) is 17.0. The molecule has 0 N–H and O–H groups in total. The first-order valence-electron chi connectivity index (χ1n) is 14.5. The molecule has 0 spiro atoms. The van der Waals surface area contributed by atoms with Crippen LogP contribution < -0.4 is 5.56 Å². The molecule has 2 aromatic heterocycles. The molecule has 13 heteroatoms. The average Bonchev–Trinajstić information content (AvgIpc) is 3.54. The van der Waals surface area contributed by atoms with E-state index in [-0.39, 0.29) is 46.9 Å². The first-order chi connectivity index (χ1) is 21.3. The molecule has 0 saturated carbocycles. The summed E-state index contributed by atoms with van der Waals surface area (Å²) in [6.45, 7) is 6.00. The predicted molar refractivity (Wildman–Crippen MR) is 166 cm³/mol. The van der Waals surface area contributed by atoms with Crippen molar-refractivity contribution < 1.29 is 22.8 Å². The van der Waals surface area contributed by atoms with Crippen LogP contribution in [0.4, 0.5) is 13.2 Å². The number of aliphatic imine (C=N–C) groups is 1. The van der Waals surface area contributed by atoms with E-state index in [1.807, 2.05) is 24.3 Å². The van der Waals surface area contributed by atoms with Crippen molar-refractivity contribution in [2.24, 2.45) is 10.9 Å². The Labute approximate surface area is 265 Å². The summed E-state index contributed by atoms with van der Waals surface area (Å²) < 4.78 is 44.0. The van der Waals surface area contributed by atoms with Gasteiger partial charge in [-0.15, -0.1) is 0 Å². The SMILES string of the molecule is CC(C)Cc1cnn2c3c(c(=O)n(-c4ccc(C5=NCC(=O)N5C)cc4)c12)C[C@H](C)N(C(=O)c1ccc(Br)c(C(F)(F)F)c1)C3. The maximum atomic E-state index is 14.3. The van der Waals surface area contributed by atoms with Gasteiger partial charge in [0.15, 0.2) is 0 Å². The van der Waals surface area contributed by atoms with Gasteiger partial charge in [-0.2, -0.15) is 18.3 Å².